The lowest BCUT2D eigenvalue weighted by Gasteiger charge is -2.39. The first kappa shape index (κ1) is 23.3. The summed E-state index contributed by atoms with van der Waals surface area (Å²) in [6.07, 6.45) is -2.14. The van der Waals surface area contributed by atoms with Crippen LogP contribution in [-0.2, 0) is 15.7 Å². The molecule has 180 valence electrons. The number of rotatable bonds is 3. The molecule has 0 bridgehead atoms. The maximum absolute atomic E-state index is 13.2. The number of nitrogens with two attached hydrogens (primary N) is 1. The van der Waals surface area contributed by atoms with Crippen LogP contribution < -0.4 is 11.1 Å². The van der Waals surface area contributed by atoms with E-state index >= 15 is 0 Å². The first-order chi connectivity index (χ1) is 15.8. The zero-order valence-electron chi connectivity index (χ0n) is 18.6. The Balaban J connectivity index is 1.51. The fourth-order valence-electron chi connectivity index (χ4n) is 3.35. The molecule has 1 aliphatic heterocycles. The summed E-state index contributed by atoms with van der Waals surface area (Å²) >= 11 is 0. The van der Waals surface area contributed by atoms with Crippen LogP contribution in [0, 0.1) is 0 Å². The van der Waals surface area contributed by atoms with Crippen molar-refractivity contribution in [2.45, 2.75) is 45.0 Å². The number of aromatic nitrogens is 4. The van der Waals surface area contributed by atoms with E-state index in [0.29, 0.717) is 18.6 Å². The Hall–Kier alpha value is -3.90. The lowest BCUT2D eigenvalue weighted by atomic mass is 10.0. The highest BCUT2D eigenvalue weighted by atomic mass is 19.4. The van der Waals surface area contributed by atoms with E-state index in [4.69, 9.17) is 10.5 Å². The molecule has 0 spiro atoms. The van der Waals surface area contributed by atoms with Crippen molar-refractivity contribution in [3.8, 4) is 11.3 Å². The van der Waals surface area contributed by atoms with Gasteiger partial charge in [-0.3, -0.25) is 9.69 Å². The first-order valence-electron chi connectivity index (χ1n) is 10.3. The van der Waals surface area contributed by atoms with Crippen LogP contribution in [0.25, 0.3) is 16.9 Å². The number of hydrogen-bond donors (Lipinski definition) is 2. The summed E-state index contributed by atoms with van der Waals surface area (Å²) in [7, 11) is 0. The van der Waals surface area contributed by atoms with E-state index in [1.165, 1.54) is 33.9 Å². The number of amides is 2. The predicted molar refractivity (Wildman–Crippen MR) is 116 cm³/mol. The normalized spacial score (nSPS) is 16.3. The minimum absolute atomic E-state index is 0.116. The quantitative estimate of drug-likeness (QED) is 0.592. The molecule has 0 aliphatic carbocycles. The average Bonchev–Trinajstić information content (AvgIpc) is 3.06. The Morgan fingerprint density at radius 2 is 1.97 bits per heavy atom. The highest BCUT2D eigenvalue weighted by molar-refractivity contribution is 5.97. The van der Waals surface area contributed by atoms with Gasteiger partial charge in [0.1, 0.15) is 17.5 Å². The maximum atomic E-state index is 13.2. The van der Waals surface area contributed by atoms with Crippen molar-refractivity contribution < 1.29 is 27.5 Å². The van der Waals surface area contributed by atoms with Gasteiger partial charge in [-0.1, -0.05) is 0 Å². The van der Waals surface area contributed by atoms with E-state index in [-0.39, 0.29) is 17.1 Å². The summed E-state index contributed by atoms with van der Waals surface area (Å²) < 4.78 is 46.1. The van der Waals surface area contributed by atoms with Crippen LogP contribution in [0.3, 0.4) is 0 Å². The molecular weight excluding hydrogens is 455 g/mol. The fourth-order valence-corrected chi connectivity index (χ4v) is 3.35. The Labute approximate surface area is 191 Å². The SMILES string of the molecule is CC(C)(C)OC(=O)N1CCC1C(=O)Nc1cn2nc(-c3cnc(N)c(C(F)(F)F)c3)ccc2n1. The molecule has 2 amide bonds. The number of carbonyl (C=O) groups excluding carboxylic acids is 2. The molecule has 34 heavy (non-hydrogen) atoms. The number of nitrogen functional groups attached to an aromatic ring is 1. The monoisotopic (exact) mass is 477 g/mol. The van der Waals surface area contributed by atoms with Crippen LogP contribution in [0.2, 0.25) is 0 Å². The zero-order valence-corrected chi connectivity index (χ0v) is 18.6. The van der Waals surface area contributed by atoms with E-state index in [2.05, 4.69) is 20.4 Å². The number of ether oxygens (including phenoxy) is 1. The molecule has 4 heterocycles. The molecule has 1 unspecified atom stereocenters. The molecular formula is C21H22F3N7O3. The Morgan fingerprint density at radius 3 is 2.59 bits per heavy atom. The van der Waals surface area contributed by atoms with E-state index in [1.54, 1.807) is 20.8 Å². The van der Waals surface area contributed by atoms with Gasteiger partial charge in [0.15, 0.2) is 11.5 Å². The average molecular weight is 477 g/mol. The smallest absolute Gasteiger partial charge is 0.419 e. The number of anilines is 2. The van der Waals surface area contributed by atoms with Gasteiger partial charge < -0.3 is 15.8 Å². The zero-order chi connectivity index (χ0) is 24.8. The summed E-state index contributed by atoms with van der Waals surface area (Å²) in [6, 6.07) is 3.21. The molecule has 1 fully saturated rings. The van der Waals surface area contributed by atoms with Crippen LogP contribution in [0.15, 0.2) is 30.6 Å². The second kappa shape index (κ2) is 8.15. The molecule has 1 saturated heterocycles. The number of halogens is 3. The summed E-state index contributed by atoms with van der Waals surface area (Å²) in [5, 5.41) is 6.90. The van der Waals surface area contributed by atoms with Crippen molar-refractivity contribution in [3.63, 3.8) is 0 Å². The number of imidazole rings is 1. The lowest BCUT2D eigenvalue weighted by molar-refractivity contribution is -0.137. The molecule has 3 aromatic rings. The molecule has 1 atom stereocenters. The number of nitrogens with zero attached hydrogens (tertiary/aromatic N) is 5. The Kier molecular flexibility index (Phi) is 5.58. The summed E-state index contributed by atoms with van der Waals surface area (Å²) in [6.45, 7) is 5.62. The van der Waals surface area contributed by atoms with E-state index in [1.807, 2.05) is 0 Å². The van der Waals surface area contributed by atoms with Crippen LogP contribution in [0.1, 0.15) is 32.8 Å². The standard InChI is InChI=1S/C21H22F3N7O3/c1-20(2,3)34-19(33)30-7-6-14(30)18(32)28-15-10-31-16(27-15)5-4-13(29-31)11-8-12(21(22,23)24)17(25)26-9-11/h4-5,8-10,14H,6-7H2,1-3H3,(H2,25,26)(H,28,32). The largest absolute Gasteiger partial charge is 0.444 e. The number of hydrogen-bond acceptors (Lipinski definition) is 7. The van der Waals surface area contributed by atoms with Crippen LogP contribution >= 0.6 is 0 Å². The van der Waals surface area contributed by atoms with Gasteiger partial charge in [-0.15, -0.1) is 0 Å². The molecule has 3 aromatic heterocycles. The van der Waals surface area contributed by atoms with E-state index < -0.39 is 41.2 Å². The second-order valence-electron chi connectivity index (χ2n) is 8.77. The van der Waals surface area contributed by atoms with Gasteiger partial charge in [0.05, 0.1) is 17.5 Å². The Bertz CT molecular complexity index is 1270. The van der Waals surface area contributed by atoms with Crippen LogP contribution in [0.4, 0.5) is 29.6 Å². The van der Waals surface area contributed by atoms with Crippen LogP contribution in [-0.4, -0.2) is 54.7 Å². The third kappa shape index (κ3) is 4.72. The number of pyridine rings is 1. The van der Waals surface area contributed by atoms with E-state index in [0.717, 1.165) is 6.07 Å². The van der Waals surface area contributed by atoms with Gasteiger partial charge >= 0.3 is 12.3 Å². The molecule has 10 nitrogen and oxygen atoms in total. The topological polar surface area (TPSA) is 128 Å². The number of alkyl halides is 3. The first-order valence-corrected chi connectivity index (χ1v) is 10.3. The number of nitrogens with one attached hydrogen (secondary N) is 1. The van der Waals surface area contributed by atoms with Gasteiger partial charge in [0, 0.05) is 18.3 Å². The minimum Gasteiger partial charge on any atom is -0.444 e. The minimum atomic E-state index is -4.65. The summed E-state index contributed by atoms with van der Waals surface area (Å²) in [5.41, 5.74) is 4.30. The molecule has 0 radical (unpaired) electrons. The van der Waals surface area contributed by atoms with Gasteiger partial charge in [-0.25, -0.2) is 19.3 Å². The molecule has 4 rings (SSSR count). The molecule has 0 aromatic carbocycles. The molecule has 0 saturated carbocycles. The number of likely N-dealkylation sites (tertiary alicyclic amines) is 1. The van der Waals surface area contributed by atoms with Gasteiger partial charge in [0.2, 0.25) is 5.91 Å². The predicted octanol–water partition coefficient (Wildman–Crippen LogP) is 3.34. The maximum Gasteiger partial charge on any atom is 0.419 e. The van der Waals surface area contributed by atoms with Crippen LogP contribution in [0.5, 0.6) is 0 Å². The van der Waals surface area contributed by atoms with Gasteiger partial charge in [-0.2, -0.15) is 18.3 Å². The highest BCUT2D eigenvalue weighted by Gasteiger charge is 2.40. The van der Waals surface area contributed by atoms with Crippen molar-refractivity contribution in [2.75, 3.05) is 17.6 Å². The van der Waals surface area contributed by atoms with Crippen molar-refractivity contribution >= 4 is 29.3 Å². The molecule has 3 N–H and O–H groups in total. The molecule has 13 heteroatoms. The molecule has 1 aliphatic rings. The third-order valence-electron chi connectivity index (χ3n) is 5.04. The lowest BCUT2D eigenvalue weighted by Crippen LogP contribution is -2.57. The summed E-state index contributed by atoms with van der Waals surface area (Å²) in [4.78, 5) is 34.1. The van der Waals surface area contributed by atoms with Gasteiger partial charge in [-0.05, 0) is 45.4 Å². The third-order valence-corrected chi connectivity index (χ3v) is 5.04. The van der Waals surface area contributed by atoms with Gasteiger partial charge in [0.25, 0.3) is 0 Å². The van der Waals surface area contributed by atoms with Crippen molar-refractivity contribution in [3.05, 3.63) is 36.2 Å². The van der Waals surface area contributed by atoms with Crippen molar-refractivity contribution in [2.24, 2.45) is 0 Å². The Morgan fingerprint density at radius 1 is 1.24 bits per heavy atom. The second-order valence-corrected chi connectivity index (χ2v) is 8.77. The van der Waals surface area contributed by atoms with Crippen molar-refractivity contribution in [1.82, 2.24) is 24.5 Å². The van der Waals surface area contributed by atoms with E-state index in [9.17, 15) is 22.8 Å². The number of carbonyl (C=O) groups is 2. The fraction of sp³-hybridized carbons (Fsp3) is 0.381. The summed E-state index contributed by atoms with van der Waals surface area (Å²) in [5.74, 6) is -0.878. The highest BCUT2D eigenvalue weighted by Crippen LogP contribution is 2.34. The van der Waals surface area contributed by atoms with Crippen molar-refractivity contribution in [1.29, 1.82) is 0 Å². The number of fused-ring (bicyclic) bond motifs is 1.